The fraction of sp³-hybridized carbons (Fsp3) is 0.0455. The maximum Gasteiger partial charge on any atom is -0.000112 e. The first-order valence-corrected chi connectivity index (χ1v) is 15.5. The van der Waals surface area contributed by atoms with Gasteiger partial charge in [-0.15, -0.1) is 0 Å². The second-order valence-electron chi connectivity index (χ2n) is 12.1. The van der Waals surface area contributed by atoms with Crippen molar-refractivity contribution in [3.05, 3.63) is 168 Å². The summed E-state index contributed by atoms with van der Waals surface area (Å²) in [5, 5.41) is 7.86. The minimum absolute atomic E-state index is 0.949. The Hall–Kier alpha value is -5.46. The SMILES string of the molecule is Cc1ccc(-c2cccc3c2Cc2c(-c4cccc(-c5ccc6c7ccccc7c7ccccc7c6c5)c4)cccc2-3)cc1. The lowest BCUT2D eigenvalue weighted by Crippen LogP contribution is -1.90. The van der Waals surface area contributed by atoms with Crippen molar-refractivity contribution in [2.45, 2.75) is 13.3 Å². The van der Waals surface area contributed by atoms with Gasteiger partial charge in [-0.05, 0) is 113 Å². The molecule has 0 nitrogen and oxygen atoms in total. The van der Waals surface area contributed by atoms with E-state index in [1.165, 1.54) is 93.5 Å². The van der Waals surface area contributed by atoms with Crippen LogP contribution in [-0.2, 0) is 6.42 Å². The van der Waals surface area contributed by atoms with Crippen molar-refractivity contribution in [2.24, 2.45) is 0 Å². The molecule has 0 saturated heterocycles. The lowest BCUT2D eigenvalue weighted by atomic mass is 9.90. The average Bonchev–Trinajstić information content (AvgIpc) is 3.48. The predicted molar refractivity (Wildman–Crippen MR) is 188 cm³/mol. The van der Waals surface area contributed by atoms with Gasteiger partial charge in [-0.25, -0.2) is 0 Å². The molecule has 0 aliphatic heterocycles. The minimum Gasteiger partial charge on any atom is -0.0616 e. The van der Waals surface area contributed by atoms with Gasteiger partial charge >= 0.3 is 0 Å². The van der Waals surface area contributed by atoms with Crippen LogP contribution in [-0.4, -0.2) is 0 Å². The van der Waals surface area contributed by atoms with Crippen LogP contribution in [0.3, 0.4) is 0 Å². The van der Waals surface area contributed by atoms with E-state index >= 15 is 0 Å². The molecule has 0 heterocycles. The van der Waals surface area contributed by atoms with Crippen molar-refractivity contribution in [2.75, 3.05) is 0 Å². The zero-order valence-electron chi connectivity index (χ0n) is 24.6. The van der Waals surface area contributed by atoms with Gasteiger partial charge in [0, 0.05) is 0 Å². The standard InChI is InChI=1S/C44H30/c1-28-19-21-29(22-20-28)33-15-7-17-39-40-18-8-16-34(44(40)27-43(33)39)32-10-6-9-30(25-32)31-23-24-41-37-13-3-2-11-35(37)36-12-4-5-14-38(36)42(41)26-31/h2-26H,27H2,1H3. The number of benzene rings is 8. The number of hydrogen-bond donors (Lipinski definition) is 0. The van der Waals surface area contributed by atoms with Gasteiger partial charge in [0.25, 0.3) is 0 Å². The monoisotopic (exact) mass is 558 g/mol. The van der Waals surface area contributed by atoms with Crippen LogP contribution in [0.4, 0.5) is 0 Å². The van der Waals surface area contributed by atoms with Crippen LogP contribution >= 0.6 is 0 Å². The van der Waals surface area contributed by atoms with Crippen molar-refractivity contribution in [3.63, 3.8) is 0 Å². The highest BCUT2D eigenvalue weighted by Crippen LogP contribution is 2.46. The number of fused-ring (bicyclic) bond motifs is 9. The summed E-state index contributed by atoms with van der Waals surface area (Å²) in [5.74, 6) is 0. The molecule has 1 aliphatic rings. The molecule has 0 unspecified atom stereocenters. The van der Waals surface area contributed by atoms with Crippen LogP contribution in [0.25, 0.3) is 76.8 Å². The maximum absolute atomic E-state index is 2.39. The van der Waals surface area contributed by atoms with Crippen molar-refractivity contribution in [1.82, 2.24) is 0 Å². The average molecular weight is 559 g/mol. The number of hydrogen-bond acceptors (Lipinski definition) is 0. The van der Waals surface area contributed by atoms with Gasteiger partial charge < -0.3 is 0 Å². The summed E-state index contributed by atoms with van der Waals surface area (Å²) in [6.45, 7) is 2.15. The fourth-order valence-electron chi connectivity index (χ4n) is 7.46. The zero-order valence-corrected chi connectivity index (χ0v) is 24.6. The highest BCUT2D eigenvalue weighted by atomic mass is 14.3. The van der Waals surface area contributed by atoms with Crippen LogP contribution in [0, 0.1) is 6.92 Å². The molecule has 0 spiro atoms. The highest BCUT2D eigenvalue weighted by molar-refractivity contribution is 6.25. The van der Waals surface area contributed by atoms with E-state index in [1.54, 1.807) is 0 Å². The van der Waals surface area contributed by atoms with E-state index in [2.05, 4.69) is 159 Å². The maximum atomic E-state index is 2.39. The Morgan fingerprint density at radius 3 is 1.41 bits per heavy atom. The Kier molecular flexibility index (Phi) is 5.58. The molecule has 44 heavy (non-hydrogen) atoms. The second-order valence-corrected chi connectivity index (χ2v) is 12.1. The molecule has 0 fully saturated rings. The van der Waals surface area contributed by atoms with Crippen molar-refractivity contribution in [1.29, 1.82) is 0 Å². The molecule has 206 valence electrons. The molecule has 0 amide bonds. The van der Waals surface area contributed by atoms with Crippen LogP contribution in [0.5, 0.6) is 0 Å². The first-order chi connectivity index (χ1) is 21.7. The number of rotatable bonds is 3. The van der Waals surface area contributed by atoms with Gasteiger partial charge in [-0.1, -0.05) is 145 Å². The Morgan fingerprint density at radius 1 is 0.318 bits per heavy atom. The van der Waals surface area contributed by atoms with Gasteiger partial charge in [0.15, 0.2) is 0 Å². The third-order valence-electron chi connectivity index (χ3n) is 9.61. The first-order valence-electron chi connectivity index (χ1n) is 15.5. The Bertz CT molecular complexity index is 2370. The molecule has 0 bridgehead atoms. The van der Waals surface area contributed by atoms with Gasteiger partial charge in [0.05, 0.1) is 0 Å². The third kappa shape index (κ3) is 3.85. The van der Waals surface area contributed by atoms with Gasteiger partial charge in [0.1, 0.15) is 0 Å². The third-order valence-corrected chi connectivity index (χ3v) is 9.61. The van der Waals surface area contributed by atoms with Crippen molar-refractivity contribution < 1.29 is 0 Å². The normalized spacial score (nSPS) is 12.1. The smallest absolute Gasteiger partial charge is 0.000112 e. The summed E-state index contributed by atoms with van der Waals surface area (Å²) in [7, 11) is 0. The highest BCUT2D eigenvalue weighted by Gasteiger charge is 2.24. The fourth-order valence-corrected chi connectivity index (χ4v) is 7.46. The quantitative estimate of drug-likeness (QED) is 0.189. The van der Waals surface area contributed by atoms with Crippen LogP contribution in [0.15, 0.2) is 152 Å². The number of aryl methyl sites for hydroxylation is 1. The van der Waals surface area contributed by atoms with Gasteiger partial charge in [-0.3, -0.25) is 0 Å². The predicted octanol–water partition coefficient (Wildman–Crippen LogP) is 12.0. The molecule has 1 aliphatic carbocycles. The largest absolute Gasteiger partial charge is 0.0616 e. The zero-order chi connectivity index (χ0) is 29.2. The topological polar surface area (TPSA) is 0 Å². The van der Waals surface area contributed by atoms with E-state index in [1.807, 2.05) is 0 Å². The molecule has 8 aromatic carbocycles. The molecule has 0 saturated carbocycles. The second kappa shape index (κ2) is 9.79. The molecule has 0 N–H and O–H groups in total. The van der Waals surface area contributed by atoms with E-state index in [9.17, 15) is 0 Å². The molecule has 0 heteroatoms. The van der Waals surface area contributed by atoms with E-state index in [4.69, 9.17) is 0 Å². The Labute approximate surface area is 257 Å². The molecule has 0 radical (unpaired) electrons. The first kappa shape index (κ1) is 25.1. The van der Waals surface area contributed by atoms with Gasteiger partial charge in [-0.2, -0.15) is 0 Å². The van der Waals surface area contributed by atoms with Crippen LogP contribution < -0.4 is 0 Å². The van der Waals surface area contributed by atoms with E-state index in [0.29, 0.717) is 0 Å². The molecular weight excluding hydrogens is 528 g/mol. The van der Waals surface area contributed by atoms with E-state index < -0.39 is 0 Å². The lowest BCUT2D eigenvalue weighted by Gasteiger charge is -2.13. The van der Waals surface area contributed by atoms with Crippen molar-refractivity contribution >= 4 is 32.3 Å². The lowest BCUT2D eigenvalue weighted by molar-refractivity contribution is 1.26. The van der Waals surface area contributed by atoms with Crippen LogP contribution in [0.2, 0.25) is 0 Å². The Morgan fingerprint density at radius 2 is 0.773 bits per heavy atom. The molecular formula is C44H30. The molecule has 9 rings (SSSR count). The van der Waals surface area contributed by atoms with Crippen LogP contribution in [0.1, 0.15) is 16.7 Å². The van der Waals surface area contributed by atoms with E-state index in [-0.39, 0.29) is 0 Å². The van der Waals surface area contributed by atoms with E-state index in [0.717, 1.165) is 6.42 Å². The molecule has 8 aromatic rings. The molecule has 0 aromatic heterocycles. The van der Waals surface area contributed by atoms with Crippen molar-refractivity contribution in [3.8, 4) is 44.5 Å². The molecule has 0 atom stereocenters. The minimum atomic E-state index is 0.949. The summed E-state index contributed by atoms with van der Waals surface area (Å²) in [5.41, 5.74) is 14.6. The summed E-state index contributed by atoms with van der Waals surface area (Å²) in [4.78, 5) is 0. The summed E-state index contributed by atoms with van der Waals surface area (Å²) in [6, 6.07) is 56.3. The van der Waals surface area contributed by atoms with Gasteiger partial charge in [0.2, 0.25) is 0 Å². The summed E-state index contributed by atoms with van der Waals surface area (Å²) in [6.07, 6.45) is 0.949. The summed E-state index contributed by atoms with van der Waals surface area (Å²) >= 11 is 0. The summed E-state index contributed by atoms with van der Waals surface area (Å²) < 4.78 is 0. The Balaban J connectivity index is 1.16.